The molecular formula is C7H14I2. The van der Waals surface area contributed by atoms with E-state index in [4.69, 9.17) is 0 Å². The maximum absolute atomic E-state index is 2.56. The number of hydrogen-bond acceptors (Lipinski definition) is 0. The van der Waals surface area contributed by atoms with E-state index in [1.807, 2.05) is 0 Å². The Balaban J connectivity index is 2.95. The smallest absolute Gasteiger partial charge is 0.0110 e. The Labute approximate surface area is 85.5 Å². The molecule has 1 atom stereocenters. The van der Waals surface area contributed by atoms with Gasteiger partial charge in [0, 0.05) is 3.92 Å². The summed E-state index contributed by atoms with van der Waals surface area (Å²) >= 11 is 5.01. The van der Waals surface area contributed by atoms with Crippen LogP contribution in [0.5, 0.6) is 0 Å². The van der Waals surface area contributed by atoms with Crippen molar-refractivity contribution in [3.05, 3.63) is 0 Å². The molecule has 0 aliphatic heterocycles. The van der Waals surface area contributed by atoms with Crippen molar-refractivity contribution in [1.82, 2.24) is 0 Å². The number of hydrogen-bond donors (Lipinski definition) is 0. The van der Waals surface area contributed by atoms with Gasteiger partial charge in [-0.25, -0.2) is 0 Å². The maximum atomic E-state index is 2.56. The van der Waals surface area contributed by atoms with Gasteiger partial charge >= 0.3 is 0 Å². The van der Waals surface area contributed by atoms with Gasteiger partial charge in [0.1, 0.15) is 0 Å². The topological polar surface area (TPSA) is 0 Å². The molecule has 0 heterocycles. The second-order valence-corrected chi connectivity index (χ2v) is 5.06. The van der Waals surface area contributed by atoms with Crippen LogP contribution >= 0.6 is 45.2 Å². The predicted molar refractivity (Wildman–Crippen MR) is 60.8 cm³/mol. The number of rotatable bonds is 5. The molecule has 1 unspecified atom stereocenters. The Kier molecular flexibility index (Phi) is 8.79. The number of halogens is 2. The highest BCUT2D eigenvalue weighted by atomic mass is 127. The molecule has 0 N–H and O–H groups in total. The third-order valence-corrected chi connectivity index (χ3v) is 3.26. The predicted octanol–water partition coefficient (Wildman–Crippen LogP) is 3.81. The van der Waals surface area contributed by atoms with Gasteiger partial charge in [0.05, 0.1) is 0 Å². The van der Waals surface area contributed by atoms with E-state index in [-0.39, 0.29) is 0 Å². The van der Waals surface area contributed by atoms with Crippen LogP contribution in [0, 0.1) is 0 Å². The Morgan fingerprint density at radius 2 is 2.00 bits per heavy atom. The maximum Gasteiger partial charge on any atom is 0.0110 e. The summed E-state index contributed by atoms with van der Waals surface area (Å²) in [6.45, 7) is 2.26. The molecule has 0 amide bonds. The van der Waals surface area contributed by atoms with Crippen LogP contribution in [0.25, 0.3) is 0 Å². The Morgan fingerprint density at radius 1 is 1.33 bits per heavy atom. The zero-order valence-corrected chi connectivity index (χ0v) is 10.2. The van der Waals surface area contributed by atoms with E-state index in [0.29, 0.717) is 0 Å². The molecule has 0 aliphatic carbocycles. The van der Waals surface area contributed by atoms with Crippen molar-refractivity contribution in [3.63, 3.8) is 0 Å². The van der Waals surface area contributed by atoms with Crippen LogP contribution in [0.1, 0.15) is 32.6 Å². The Bertz CT molecular complexity index is 54.9. The third-order valence-electron chi connectivity index (χ3n) is 1.25. The van der Waals surface area contributed by atoms with Crippen LogP contribution in [-0.2, 0) is 0 Å². The van der Waals surface area contributed by atoms with Gasteiger partial charge in [-0.05, 0) is 23.7 Å². The van der Waals surface area contributed by atoms with Gasteiger partial charge in [0.15, 0.2) is 0 Å². The lowest BCUT2D eigenvalue weighted by atomic mass is 10.2. The largest absolute Gasteiger partial charge is 0.0864 e. The molecule has 0 aromatic rings. The zero-order chi connectivity index (χ0) is 7.11. The monoisotopic (exact) mass is 352 g/mol. The molecular weight excluding hydrogens is 338 g/mol. The third kappa shape index (κ3) is 7.36. The van der Waals surface area contributed by atoms with Gasteiger partial charge in [-0.1, -0.05) is 58.5 Å². The van der Waals surface area contributed by atoms with Gasteiger partial charge in [0.2, 0.25) is 0 Å². The normalized spacial score (nSPS) is 13.7. The van der Waals surface area contributed by atoms with Crippen molar-refractivity contribution in [3.8, 4) is 0 Å². The summed E-state index contributed by atoms with van der Waals surface area (Å²) < 4.78 is 2.25. The summed E-state index contributed by atoms with van der Waals surface area (Å²) in [6.07, 6.45) is 5.55. The molecule has 0 radical (unpaired) electrons. The molecule has 0 bridgehead atoms. The van der Waals surface area contributed by atoms with E-state index in [2.05, 4.69) is 52.1 Å². The summed E-state index contributed by atoms with van der Waals surface area (Å²) in [5, 5.41) is 0. The average molecular weight is 352 g/mol. The van der Waals surface area contributed by atoms with Crippen molar-refractivity contribution in [1.29, 1.82) is 0 Å². The van der Waals surface area contributed by atoms with Crippen LogP contribution in [0.4, 0.5) is 0 Å². The molecule has 0 aliphatic rings. The first-order valence-electron chi connectivity index (χ1n) is 3.51. The van der Waals surface area contributed by atoms with Crippen molar-refractivity contribution in [2.24, 2.45) is 0 Å². The fraction of sp³-hybridized carbons (Fsp3) is 1.00. The van der Waals surface area contributed by atoms with Gasteiger partial charge in [0.25, 0.3) is 0 Å². The molecule has 2 heteroatoms. The SMILES string of the molecule is CCCC(I)CCCI. The summed E-state index contributed by atoms with van der Waals surface area (Å²) in [7, 11) is 0. The molecule has 0 aromatic heterocycles. The molecule has 56 valence electrons. The van der Waals surface area contributed by atoms with Gasteiger partial charge in [-0.3, -0.25) is 0 Å². The molecule has 0 fully saturated rings. The van der Waals surface area contributed by atoms with Crippen molar-refractivity contribution in [2.45, 2.75) is 36.5 Å². The highest BCUT2D eigenvalue weighted by molar-refractivity contribution is 14.1. The van der Waals surface area contributed by atoms with Gasteiger partial charge in [-0.15, -0.1) is 0 Å². The zero-order valence-electron chi connectivity index (χ0n) is 5.87. The minimum absolute atomic E-state index is 0.933. The summed E-state index contributed by atoms with van der Waals surface area (Å²) in [6, 6.07) is 0. The summed E-state index contributed by atoms with van der Waals surface area (Å²) in [4.78, 5) is 0. The minimum Gasteiger partial charge on any atom is -0.0864 e. The van der Waals surface area contributed by atoms with Crippen molar-refractivity contribution < 1.29 is 0 Å². The fourth-order valence-electron chi connectivity index (χ4n) is 0.756. The highest BCUT2D eigenvalue weighted by Crippen LogP contribution is 2.15. The van der Waals surface area contributed by atoms with Crippen LogP contribution in [0.15, 0.2) is 0 Å². The lowest BCUT2D eigenvalue weighted by molar-refractivity contribution is 0.698. The quantitative estimate of drug-likeness (QED) is 0.522. The first-order valence-corrected chi connectivity index (χ1v) is 6.28. The Morgan fingerprint density at radius 3 is 2.44 bits per heavy atom. The van der Waals surface area contributed by atoms with Gasteiger partial charge in [-0.2, -0.15) is 0 Å². The first kappa shape index (κ1) is 10.5. The van der Waals surface area contributed by atoms with Crippen LogP contribution in [0.3, 0.4) is 0 Å². The van der Waals surface area contributed by atoms with E-state index < -0.39 is 0 Å². The van der Waals surface area contributed by atoms with Crippen LogP contribution in [-0.4, -0.2) is 8.35 Å². The van der Waals surface area contributed by atoms with E-state index in [0.717, 1.165) is 3.92 Å². The van der Waals surface area contributed by atoms with E-state index in [1.165, 1.54) is 30.1 Å². The molecule has 0 spiro atoms. The van der Waals surface area contributed by atoms with Crippen molar-refractivity contribution in [2.75, 3.05) is 4.43 Å². The number of alkyl halides is 2. The van der Waals surface area contributed by atoms with Crippen LogP contribution < -0.4 is 0 Å². The molecule has 0 saturated heterocycles. The summed E-state index contributed by atoms with van der Waals surface area (Å²) in [5.41, 5.74) is 0. The lowest BCUT2D eigenvalue weighted by Crippen LogP contribution is -1.96. The molecule has 9 heavy (non-hydrogen) atoms. The standard InChI is InChI=1S/C7H14I2/c1-2-4-7(9)5-3-6-8/h7H,2-6H2,1H3. The van der Waals surface area contributed by atoms with E-state index >= 15 is 0 Å². The summed E-state index contributed by atoms with van der Waals surface area (Å²) in [5.74, 6) is 0. The lowest BCUT2D eigenvalue weighted by Gasteiger charge is -2.04. The highest BCUT2D eigenvalue weighted by Gasteiger charge is 1.99. The average Bonchev–Trinajstić information content (AvgIpc) is 1.85. The molecule has 0 saturated carbocycles. The minimum atomic E-state index is 0.933. The fourth-order valence-corrected chi connectivity index (χ4v) is 2.26. The van der Waals surface area contributed by atoms with E-state index in [1.54, 1.807) is 0 Å². The molecule has 0 rings (SSSR count). The van der Waals surface area contributed by atoms with Crippen molar-refractivity contribution >= 4 is 45.2 Å². The second-order valence-electron chi connectivity index (χ2n) is 2.22. The van der Waals surface area contributed by atoms with Gasteiger partial charge < -0.3 is 0 Å². The van der Waals surface area contributed by atoms with Crippen LogP contribution in [0.2, 0.25) is 0 Å². The first-order chi connectivity index (χ1) is 4.31. The molecule has 0 nitrogen and oxygen atoms in total. The Hall–Kier alpha value is 1.46. The second kappa shape index (κ2) is 7.57. The molecule has 0 aromatic carbocycles. The van der Waals surface area contributed by atoms with E-state index in [9.17, 15) is 0 Å².